The summed E-state index contributed by atoms with van der Waals surface area (Å²) in [5.41, 5.74) is 1.11. The van der Waals surface area contributed by atoms with Crippen molar-refractivity contribution in [1.29, 1.82) is 0 Å². The molecule has 0 bridgehead atoms. The summed E-state index contributed by atoms with van der Waals surface area (Å²) in [5.74, 6) is 0.0211. The van der Waals surface area contributed by atoms with E-state index >= 15 is 0 Å². The number of hydrogen-bond donors (Lipinski definition) is 0. The van der Waals surface area contributed by atoms with Crippen molar-refractivity contribution in [2.24, 2.45) is 0 Å². The van der Waals surface area contributed by atoms with Gasteiger partial charge in [0.1, 0.15) is 6.10 Å². The van der Waals surface area contributed by atoms with E-state index in [0.717, 1.165) is 15.4 Å². The highest BCUT2D eigenvalue weighted by molar-refractivity contribution is 7.12. The number of hydrogen-bond acceptors (Lipinski definition) is 4. The Morgan fingerprint density at radius 1 is 1.39 bits per heavy atom. The van der Waals surface area contributed by atoms with Crippen molar-refractivity contribution in [3.63, 3.8) is 0 Å². The van der Waals surface area contributed by atoms with Crippen LogP contribution >= 0.6 is 11.3 Å². The molecule has 1 fully saturated rings. The maximum atomic E-state index is 12.5. The molecule has 1 aromatic heterocycles. The lowest BCUT2D eigenvalue weighted by molar-refractivity contribution is -0.139. The fourth-order valence-corrected chi connectivity index (χ4v) is 3.33. The van der Waals surface area contributed by atoms with E-state index in [1.54, 1.807) is 23.6 Å². The van der Waals surface area contributed by atoms with Gasteiger partial charge in [0, 0.05) is 17.2 Å². The van der Waals surface area contributed by atoms with Crippen LogP contribution in [0.25, 0.3) is 6.08 Å². The summed E-state index contributed by atoms with van der Waals surface area (Å²) in [6.07, 6.45) is 5.21. The largest absolute Gasteiger partial charge is 0.370 e. The number of aryl methyl sites for hydroxylation is 1. The third-order valence-electron chi connectivity index (χ3n) is 3.92. The topological polar surface area (TPSA) is 42.4 Å². The van der Waals surface area contributed by atoms with Crippen molar-refractivity contribution in [3.8, 4) is 0 Å². The van der Waals surface area contributed by atoms with E-state index in [9.17, 15) is 4.79 Å². The molecule has 0 spiro atoms. The van der Waals surface area contributed by atoms with Crippen LogP contribution in [0.1, 0.15) is 28.5 Å². The molecule has 1 aliphatic heterocycles. The highest BCUT2D eigenvalue weighted by Crippen LogP contribution is 2.25. The summed E-state index contributed by atoms with van der Waals surface area (Å²) in [7, 11) is 0. The fourth-order valence-electron chi connectivity index (χ4n) is 2.64. The first-order valence-corrected chi connectivity index (χ1v) is 8.53. The van der Waals surface area contributed by atoms with E-state index in [2.05, 4.69) is 4.98 Å². The monoisotopic (exact) mass is 328 g/mol. The molecule has 1 aliphatic rings. The molecule has 0 radical (unpaired) electrons. The highest BCUT2D eigenvalue weighted by Gasteiger charge is 2.29. The summed E-state index contributed by atoms with van der Waals surface area (Å²) >= 11 is 1.58. The number of aromatic nitrogens is 1. The number of amides is 1. The molecule has 1 aromatic carbocycles. The summed E-state index contributed by atoms with van der Waals surface area (Å²) in [4.78, 5) is 19.6. The van der Waals surface area contributed by atoms with Gasteiger partial charge in [0.25, 0.3) is 0 Å². The molecule has 4 nitrogen and oxygen atoms in total. The number of nitrogens with zero attached hydrogens (tertiary/aromatic N) is 2. The first-order valence-electron chi connectivity index (χ1n) is 7.71. The average molecular weight is 328 g/mol. The van der Waals surface area contributed by atoms with Gasteiger partial charge in [-0.3, -0.25) is 4.79 Å². The molecule has 2 heterocycles. The summed E-state index contributed by atoms with van der Waals surface area (Å²) in [6, 6.07) is 10.1. The predicted octanol–water partition coefficient (Wildman–Crippen LogP) is 3.45. The number of carbonyl (C=O) groups is 1. The molecular formula is C18H20N2O2S. The minimum atomic E-state index is -0.0598. The molecule has 1 saturated heterocycles. The Kier molecular flexibility index (Phi) is 4.88. The Labute approximate surface area is 140 Å². The van der Waals surface area contributed by atoms with Crippen LogP contribution in [0.15, 0.2) is 42.6 Å². The second kappa shape index (κ2) is 7.06. The zero-order valence-electron chi connectivity index (χ0n) is 13.3. The van der Waals surface area contributed by atoms with Gasteiger partial charge in [0.15, 0.2) is 0 Å². The third-order valence-corrected chi connectivity index (χ3v) is 4.79. The standard InChI is InChI=1S/C18H20N2O2S/c1-13-12-22-17(15-6-4-3-5-7-15)11-20(13)18(21)9-8-16-10-19-14(2)23-16/h3-10,13,17H,11-12H2,1-2H3/b9-8+/t13-,17-/m1/s1. The summed E-state index contributed by atoms with van der Waals surface area (Å²) in [6.45, 7) is 5.11. The van der Waals surface area contributed by atoms with Crippen molar-refractivity contribution in [3.05, 3.63) is 58.1 Å². The third kappa shape index (κ3) is 3.86. The van der Waals surface area contributed by atoms with Gasteiger partial charge < -0.3 is 9.64 Å². The van der Waals surface area contributed by atoms with E-state index in [0.29, 0.717) is 13.2 Å². The van der Waals surface area contributed by atoms with Crippen LogP contribution in [-0.2, 0) is 9.53 Å². The Morgan fingerprint density at radius 2 is 2.17 bits per heavy atom. The lowest BCUT2D eigenvalue weighted by atomic mass is 10.1. The lowest BCUT2D eigenvalue weighted by Gasteiger charge is -2.37. The van der Waals surface area contributed by atoms with Gasteiger partial charge >= 0.3 is 0 Å². The van der Waals surface area contributed by atoms with E-state index in [1.165, 1.54) is 0 Å². The van der Waals surface area contributed by atoms with Crippen molar-refractivity contribution in [1.82, 2.24) is 9.88 Å². The zero-order chi connectivity index (χ0) is 16.2. The van der Waals surface area contributed by atoms with E-state index < -0.39 is 0 Å². The minimum Gasteiger partial charge on any atom is -0.370 e. The van der Waals surface area contributed by atoms with Crippen LogP contribution in [0.5, 0.6) is 0 Å². The number of morpholine rings is 1. The van der Waals surface area contributed by atoms with Crippen molar-refractivity contribution < 1.29 is 9.53 Å². The van der Waals surface area contributed by atoms with Crippen LogP contribution < -0.4 is 0 Å². The molecule has 0 unspecified atom stereocenters. The second-order valence-corrected chi connectivity index (χ2v) is 6.95. The van der Waals surface area contributed by atoms with Gasteiger partial charge in [-0.15, -0.1) is 11.3 Å². The molecule has 3 rings (SSSR count). The fraction of sp³-hybridized carbons (Fsp3) is 0.333. The van der Waals surface area contributed by atoms with E-state index in [-0.39, 0.29) is 18.1 Å². The lowest BCUT2D eigenvalue weighted by Crippen LogP contribution is -2.47. The number of carbonyl (C=O) groups excluding carboxylic acids is 1. The second-order valence-electron chi connectivity index (χ2n) is 5.69. The first kappa shape index (κ1) is 15.9. The minimum absolute atomic E-state index is 0.0211. The molecule has 0 N–H and O–H groups in total. The molecule has 2 atom stereocenters. The van der Waals surface area contributed by atoms with Gasteiger partial charge in [-0.25, -0.2) is 4.98 Å². The average Bonchev–Trinajstić information content (AvgIpc) is 2.99. The van der Waals surface area contributed by atoms with Crippen LogP contribution in [0.2, 0.25) is 0 Å². The van der Waals surface area contributed by atoms with Gasteiger partial charge in [0.05, 0.1) is 24.2 Å². The molecule has 0 aliphatic carbocycles. The van der Waals surface area contributed by atoms with E-state index in [1.807, 2.05) is 55.2 Å². The molecular weight excluding hydrogens is 308 g/mol. The Hall–Kier alpha value is -1.98. The number of rotatable bonds is 3. The summed E-state index contributed by atoms with van der Waals surface area (Å²) in [5, 5.41) is 1.00. The maximum absolute atomic E-state index is 12.5. The normalized spacial score (nSPS) is 21.7. The Morgan fingerprint density at radius 3 is 2.87 bits per heavy atom. The van der Waals surface area contributed by atoms with Gasteiger partial charge in [-0.2, -0.15) is 0 Å². The summed E-state index contributed by atoms with van der Waals surface area (Å²) < 4.78 is 5.90. The van der Waals surface area contributed by atoms with Crippen molar-refractivity contribution in [2.45, 2.75) is 26.0 Å². The molecule has 2 aromatic rings. The molecule has 23 heavy (non-hydrogen) atoms. The molecule has 5 heteroatoms. The van der Waals surface area contributed by atoms with Gasteiger partial charge in [-0.1, -0.05) is 30.3 Å². The van der Waals surface area contributed by atoms with Crippen molar-refractivity contribution in [2.75, 3.05) is 13.2 Å². The van der Waals surface area contributed by atoms with E-state index in [4.69, 9.17) is 4.74 Å². The number of benzene rings is 1. The Bertz CT molecular complexity index is 696. The zero-order valence-corrected chi connectivity index (χ0v) is 14.1. The predicted molar refractivity (Wildman–Crippen MR) is 92.2 cm³/mol. The quantitative estimate of drug-likeness (QED) is 0.811. The molecule has 0 saturated carbocycles. The maximum Gasteiger partial charge on any atom is 0.247 e. The van der Waals surface area contributed by atoms with Gasteiger partial charge in [-0.05, 0) is 25.5 Å². The molecule has 120 valence electrons. The SMILES string of the molecule is Cc1ncc(/C=C/C(=O)N2C[C@H](c3ccccc3)OC[C@H]2C)s1. The molecule has 1 amide bonds. The van der Waals surface area contributed by atoms with Crippen LogP contribution in [0.3, 0.4) is 0 Å². The van der Waals surface area contributed by atoms with Crippen molar-refractivity contribution >= 4 is 23.3 Å². The first-order chi connectivity index (χ1) is 11.1. The highest BCUT2D eigenvalue weighted by atomic mass is 32.1. The Balaban J connectivity index is 1.69. The number of thiazole rings is 1. The van der Waals surface area contributed by atoms with Crippen LogP contribution in [0, 0.1) is 6.92 Å². The van der Waals surface area contributed by atoms with Gasteiger partial charge in [0.2, 0.25) is 5.91 Å². The van der Waals surface area contributed by atoms with Crippen LogP contribution in [0.4, 0.5) is 0 Å². The van der Waals surface area contributed by atoms with Crippen LogP contribution in [-0.4, -0.2) is 35.0 Å². The smallest absolute Gasteiger partial charge is 0.247 e. The number of ether oxygens (including phenoxy) is 1.